The van der Waals surface area contributed by atoms with Crippen LogP contribution >= 0.6 is 0 Å². The van der Waals surface area contributed by atoms with Crippen LogP contribution in [0.25, 0.3) is 0 Å². The van der Waals surface area contributed by atoms with Gasteiger partial charge in [0.2, 0.25) is 5.91 Å². The molecule has 0 bridgehead atoms. The van der Waals surface area contributed by atoms with Gasteiger partial charge in [-0.25, -0.2) is 9.18 Å². The number of nitrogens with one attached hydrogen (secondary N) is 2. The molecular formula is C12H12FN3O5. The first-order valence-electron chi connectivity index (χ1n) is 5.92. The van der Waals surface area contributed by atoms with Crippen molar-refractivity contribution in [3.8, 4) is 5.75 Å². The molecule has 21 heavy (non-hydrogen) atoms. The number of halogens is 1. The predicted molar refractivity (Wildman–Crippen MR) is 68.2 cm³/mol. The van der Waals surface area contributed by atoms with Gasteiger partial charge in [0.25, 0.3) is 5.91 Å². The lowest BCUT2D eigenvalue weighted by molar-refractivity contribution is -0.125. The molecule has 112 valence electrons. The number of nitrogens with two attached hydrogens (primary N) is 1. The SMILES string of the molecule is NC(=O)[C@H](C[C@@H]1Oc2ccc(F)cc2NC1=O)NC(=O)O. The first-order chi connectivity index (χ1) is 9.86. The van der Waals surface area contributed by atoms with Crippen LogP contribution in [0, 0.1) is 5.82 Å². The second kappa shape index (κ2) is 5.65. The van der Waals surface area contributed by atoms with Gasteiger partial charge in [-0.3, -0.25) is 9.59 Å². The Balaban J connectivity index is 2.14. The number of rotatable bonds is 4. The normalized spacial score (nSPS) is 18.0. The number of fused-ring (bicyclic) bond motifs is 1. The van der Waals surface area contributed by atoms with Gasteiger partial charge in [0.05, 0.1) is 5.69 Å². The fourth-order valence-electron chi connectivity index (χ4n) is 1.89. The van der Waals surface area contributed by atoms with Crippen molar-refractivity contribution in [3.05, 3.63) is 24.0 Å². The monoisotopic (exact) mass is 297 g/mol. The number of anilines is 1. The molecule has 0 radical (unpaired) electrons. The lowest BCUT2D eigenvalue weighted by atomic mass is 10.1. The number of hydrogen-bond donors (Lipinski definition) is 4. The van der Waals surface area contributed by atoms with E-state index in [1.807, 2.05) is 5.32 Å². The van der Waals surface area contributed by atoms with Crippen LogP contribution in [0.5, 0.6) is 5.75 Å². The van der Waals surface area contributed by atoms with Crippen molar-refractivity contribution in [3.63, 3.8) is 0 Å². The van der Waals surface area contributed by atoms with Crippen molar-refractivity contribution in [1.29, 1.82) is 0 Å². The Morgan fingerprint density at radius 1 is 1.52 bits per heavy atom. The molecule has 0 aliphatic carbocycles. The quantitative estimate of drug-likeness (QED) is 0.623. The lowest BCUT2D eigenvalue weighted by Crippen LogP contribution is -2.49. The Kier molecular flexibility index (Phi) is 3.92. The van der Waals surface area contributed by atoms with Crippen molar-refractivity contribution >= 4 is 23.6 Å². The molecule has 1 aliphatic rings. The number of amides is 3. The van der Waals surface area contributed by atoms with Crippen LogP contribution < -0.4 is 21.1 Å². The van der Waals surface area contributed by atoms with E-state index in [1.165, 1.54) is 6.07 Å². The molecule has 5 N–H and O–H groups in total. The lowest BCUT2D eigenvalue weighted by Gasteiger charge is -2.27. The zero-order chi connectivity index (χ0) is 15.6. The smallest absolute Gasteiger partial charge is 0.405 e. The van der Waals surface area contributed by atoms with E-state index in [9.17, 15) is 18.8 Å². The molecule has 1 aromatic rings. The molecule has 0 unspecified atom stereocenters. The van der Waals surface area contributed by atoms with Crippen molar-refractivity contribution in [2.24, 2.45) is 5.73 Å². The summed E-state index contributed by atoms with van der Waals surface area (Å²) in [6.45, 7) is 0. The molecule has 1 aliphatic heterocycles. The maximum absolute atomic E-state index is 13.0. The van der Waals surface area contributed by atoms with Crippen LogP contribution in [0.1, 0.15) is 6.42 Å². The maximum atomic E-state index is 13.0. The van der Waals surface area contributed by atoms with Crippen LogP contribution in [0.4, 0.5) is 14.9 Å². The predicted octanol–water partition coefficient (Wildman–Crippen LogP) is 0.0368. The van der Waals surface area contributed by atoms with Crippen molar-refractivity contribution in [1.82, 2.24) is 5.32 Å². The van der Waals surface area contributed by atoms with E-state index in [0.29, 0.717) is 0 Å². The van der Waals surface area contributed by atoms with Crippen LogP contribution in [0.3, 0.4) is 0 Å². The van der Waals surface area contributed by atoms with Gasteiger partial charge in [-0.1, -0.05) is 0 Å². The highest BCUT2D eigenvalue weighted by Crippen LogP contribution is 2.31. The fraction of sp³-hybridized carbons (Fsp3) is 0.250. The van der Waals surface area contributed by atoms with Crippen LogP contribution in [-0.2, 0) is 9.59 Å². The molecule has 3 amide bonds. The summed E-state index contributed by atoms with van der Waals surface area (Å²) < 4.78 is 18.4. The highest BCUT2D eigenvalue weighted by Gasteiger charge is 2.32. The summed E-state index contributed by atoms with van der Waals surface area (Å²) in [5, 5.41) is 12.9. The first kappa shape index (κ1) is 14.6. The molecule has 0 aromatic heterocycles. The second-order valence-electron chi connectivity index (χ2n) is 4.38. The molecule has 8 nitrogen and oxygen atoms in total. The zero-order valence-corrected chi connectivity index (χ0v) is 10.6. The first-order valence-corrected chi connectivity index (χ1v) is 5.92. The molecule has 2 atom stereocenters. The van der Waals surface area contributed by atoms with E-state index in [4.69, 9.17) is 15.6 Å². The summed E-state index contributed by atoms with van der Waals surface area (Å²) in [7, 11) is 0. The molecule has 0 saturated carbocycles. The number of hydrogen-bond acceptors (Lipinski definition) is 4. The molecule has 0 fully saturated rings. The molecule has 9 heteroatoms. The summed E-state index contributed by atoms with van der Waals surface area (Å²) in [4.78, 5) is 33.6. The third kappa shape index (κ3) is 3.38. The van der Waals surface area contributed by atoms with E-state index in [-0.39, 0.29) is 17.9 Å². The summed E-state index contributed by atoms with van der Waals surface area (Å²) in [6.07, 6.45) is -2.84. The minimum absolute atomic E-state index is 0.165. The van der Waals surface area contributed by atoms with E-state index in [0.717, 1.165) is 12.1 Å². The number of primary amides is 1. The standard InChI is InChI=1S/C12H12FN3O5/c13-5-1-2-8-6(3-5)15-11(18)9(21-8)4-7(10(14)17)16-12(19)20/h1-3,7,9,16H,4H2,(H2,14,17)(H,15,18)(H,19,20)/t7-,9-/m0/s1. The average Bonchev–Trinajstić information content (AvgIpc) is 2.38. The average molecular weight is 297 g/mol. The van der Waals surface area contributed by atoms with Gasteiger partial charge >= 0.3 is 6.09 Å². The van der Waals surface area contributed by atoms with Gasteiger partial charge in [0.15, 0.2) is 6.10 Å². The maximum Gasteiger partial charge on any atom is 0.405 e. The van der Waals surface area contributed by atoms with E-state index in [2.05, 4.69) is 5.32 Å². The molecular weight excluding hydrogens is 285 g/mol. The molecule has 0 spiro atoms. The Bertz CT molecular complexity index is 607. The van der Waals surface area contributed by atoms with Gasteiger partial charge in [-0.2, -0.15) is 0 Å². The summed E-state index contributed by atoms with van der Waals surface area (Å²) >= 11 is 0. The highest BCUT2D eigenvalue weighted by molar-refractivity contribution is 5.98. The van der Waals surface area contributed by atoms with Gasteiger partial charge < -0.3 is 26.2 Å². The number of benzene rings is 1. The second-order valence-corrected chi connectivity index (χ2v) is 4.38. The minimum Gasteiger partial charge on any atom is -0.478 e. The van der Waals surface area contributed by atoms with Gasteiger partial charge in [-0.05, 0) is 12.1 Å². The Hall–Kier alpha value is -2.84. The van der Waals surface area contributed by atoms with E-state index < -0.39 is 35.9 Å². The van der Waals surface area contributed by atoms with Crippen LogP contribution in [0.2, 0.25) is 0 Å². The van der Waals surface area contributed by atoms with Gasteiger partial charge in [-0.15, -0.1) is 0 Å². The number of ether oxygens (including phenoxy) is 1. The Labute approximate surface area is 118 Å². The molecule has 0 saturated heterocycles. The summed E-state index contributed by atoms with van der Waals surface area (Å²) in [5.74, 6) is -1.87. The van der Waals surface area contributed by atoms with Gasteiger partial charge in [0, 0.05) is 12.5 Å². The molecule has 1 aromatic carbocycles. The van der Waals surface area contributed by atoms with Crippen LogP contribution in [0.15, 0.2) is 18.2 Å². The number of carbonyl (C=O) groups excluding carboxylic acids is 2. The fourth-order valence-corrected chi connectivity index (χ4v) is 1.89. The Morgan fingerprint density at radius 3 is 2.86 bits per heavy atom. The third-order valence-corrected chi connectivity index (χ3v) is 2.85. The minimum atomic E-state index is -1.45. The van der Waals surface area contributed by atoms with Crippen molar-refractivity contribution in [2.75, 3.05) is 5.32 Å². The van der Waals surface area contributed by atoms with Crippen molar-refractivity contribution in [2.45, 2.75) is 18.6 Å². The molecule has 1 heterocycles. The Morgan fingerprint density at radius 2 is 2.24 bits per heavy atom. The zero-order valence-electron chi connectivity index (χ0n) is 10.6. The number of carboxylic acid groups (broad SMARTS) is 1. The van der Waals surface area contributed by atoms with Gasteiger partial charge in [0.1, 0.15) is 17.6 Å². The number of carbonyl (C=O) groups is 3. The largest absolute Gasteiger partial charge is 0.478 e. The van der Waals surface area contributed by atoms with Crippen LogP contribution in [-0.4, -0.2) is 35.2 Å². The summed E-state index contributed by atoms with van der Waals surface area (Å²) in [5.41, 5.74) is 5.23. The third-order valence-electron chi connectivity index (χ3n) is 2.85. The topological polar surface area (TPSA) is 131 Å². The molecule has 2 rings (SSSR count). The van der Waals surface area contributed by atoms with Crippen molar-refractivity contribution < 1.29 is 28.6 Å². The summed E-state index contributed by atoms with van der Waals surface area (Å²) in [6, 6.07) is 2.28. The van der Waals surface area contributed by atoms with E-state index >= 15 is 0 Å². The van der Waals surface area contributed by atoms with E-state index in [1.54, 1.807) is 0 Å². The highest BCUT2D eigenvalue weighted by atomic mass is 19.1.